The molecular formula is C15H13ClN2O2S. The molecule has 1 aromatic carbocycles. The van der Waals surface area contributed by atoms with Crippen LogP contribution in [-0.4, -0.2) is 17.4 Å². The number of hydrogen-bond acceptors (Lipinski definition) is 3. The molecule has 0 aliphatic rings. The van der Waals surface area contributed by atoms with Gasteiger partial charge in [0, 0.05) is 6.20 Å². The molecule has 2 aromatic heterocycles. The zero-order valence-electron chi connectivity index (χ0n) is 11.3. The van der Waals surface area contributed by atoms with Gasteiger partial charge in [-0.3, -0.25) is 0 Å². The number of nitrogens with zero attached hydrogens (tertiary/aromatic N) is 2. The summed E-state index contributed by atoms with van der Waals surface area (Å²) in [6, 6.07) is 11.8. The molecular weight excluding hydrogens is 308 g/mol. The zero-order chi connectivity index (χ0) is 15.0. The summed E-state index contributed by atoms with van der Waals surface area (Å²) in [6.07, 6.45) is 2.20. The predicted octanol–water partition coefficient (Wildman–Crippen LogP) is 3.49. The van der Waals surface area contributed by atoms with E-state index in [1.165, 1.54) is 10.2 Å². The highest BCUT2D eigenvalue weighted by Crippen LogP contribution is 2.25. The van der Waals surface area contributed by atoms with Crippen molar-refractivity contribution in [1.29, 1.82) is 0 Å². The summed E-state index contributed by atoms with van der Waals surface area (Å²) in [6.45, 7) is 1.95. The van der Waals surface area contributed by atoms with Gasteiger partial charge in [0.1, 0.15) is 5.15 Å². The average Bonchev–Trinajstić information content (AvgIpc) is 2.90. The molecule has 4 nitrogen and oxygen atoms in total. The number of aromatic nitrogens is 2. The van der Waals surface area contributed by atoms with Gasteiger partial charge in [-0.05, 0) is 36.2 Å². The van der Waals surface area contributed by atoms with E-state index >= 15 is 0 Å². The third kappa shape index (κ3) is 2.32. The van der Waals surface area contributed by atoms with Crippen LogP contribution in [0.4, 0.5) is 0 Å². The second kappa shape index (κ2) is 5.16. The molecule has 6 heteroatoms. The standard InChI is InChI=1S/C15H13ClN2O2S/c1-2-11-10-14-13(17-15(11)16)8-9-18(14)21(19,20)12-6-4-3-5-7-12/h3-10H,2H2,1H3. The Balaban J connectivity index is 2.26. The monoisotopic (exact) mass is 320 g/mol. The fourth-order valence-corrected chi connectivity index (χ4v) is 3.85. The number of rotatable bonds is 3. The number of fused-ring (bicyclic) bond motifs is 1. The lowest BCUT2D eigenvalue weighted by Crippen LogP contribution is -2.11. The Labute approximate surface area is 128 Å². The molecule has 3 rings (SSSR count). The quantitative estimate of drug-likeness (QED) is 0.694. The summed E-state index contributed by atoms with van der Waals surface area (Å²) < 4.78 is 26.6. The topological polar surface area (TPSA) is 52.0 Å². The summed E-state index contributed by atoms with van der Waals surface area (Å²) in [5, 5.41) is 0.417. The van der Waals surface area contributed by atoms with Crippen molar-refractivity contribution in [2.75, 3.05) is 0 Å². The van der Waals surface area contributed by atoms with E-state index in [-0.39, 0.29) is 4.90 Å². The van der Waals surface area contributed by atoms with E-state index in [2.05, 4.69) is 4.98 Å². The lowest BCUT2D eigenvalue weighted by atomic mass is 10.2. The summed E-state index contributed by atoms with van der Waals surface area (Å²) in [5.74, 6) is 0. The van der Waals surface area contributed by atoms with Crippen molar-refractivity contribution in [2.24, 2.45) is 0 Å². The molecule has 2 heterocycles. The van der Waals surface area contributed by atoms with Crippen LogP contribution in [0.15, 0.2) is 53.6 Å². The fraction of sp³-hybridized carbons (Fsp3) is 0.133. The van der Waals surface area contributed by atoms with Gasteiger partial charge in [0.2, 0.25) is 0 Å². The molecule has 0 bridgehead atoms. The smallest absolute Gasteiger partial charge is 0.239 e. The van der Waals surface area contributed by atoms with Crippen LogP contribution in [0.3, 0.4) is 0 Å². The van der Waals surface area contributed by atoms with Crippen molar-refractivity contribution in [1.82, 2.24) is 8.96 Å². The Morgan fingerprint density at radius 1 is 1.19 bits per heavy atom. The van der Waals surface area contributed by atoms with Gasteiger partial charge in [0.15, 0.2) is 0 Å². The van der Waals surface area contributed by atoms with Crippen LogP contribution in [0.25, 0.3) is 11.0 Å². The van der Waals surface area contributed by atoms with Gasteiger partial charge in [-0.15, -0.1) is 0 Å². The van der Waals surface area contributed by atoms with E-state index in [0.29, 0.717) is 22.6 Å². The van der Waals surface area contributed by atoms with E-state index in [9.17, 15) is 8.42 Å². The van der Waals surface area contributed by atoms with Crippen LogP contribution in [0.1, 0.15) is 12.5 Å². The van der Waals surface area contributed by atoms with Crippen molar-refractivity contribution in [3.8, 4) is 0 Å². The second-order valence-electron chi connectivity index (χ2n) is 4.63. The molecule has 0 atom stereocenters. The van der Waals surface area contributed by atoms with Crippen LogP contribution < -0.4 is 0 Å². The lowest BCUT2D eigenvalue weighted by Gasteiger charge is -2.08. The molecule has 0 N–H and O–H groups in total. The Morgan fingerprint density at radius 2 is 1.90 bits per heavy atom. The minimum atomic E-state index is -3.63. The lowest BCUT2D eigenvalue weighted by molar-refractivity contribution is 0.589. The summed E-state index contributed by atoms with van der Waals surface area (Å²) in [5.41, 5.74) is 1.93. The third-order valence-electron chi connectivity index (χ3n) is 3.34. The molecule has 0 saturated heterocycles. The van der Waals surface area contributed by atoms with Crippen molar-refractivity contribution in [3.05, 3.63) is 59.4 Å². The molecule has 0 amide bonds. The Kier molecular flexibility index (Phi) is 3.47. The predicted molar refractivity (Wildman–Crippen MR) is 83.1 cm³/mol. The maximum Gasteiger partial charge on any atom is 0.268 e. The number of pyridine rings is 1. The third-order valence-corrected chi connectivity index (χ3v) is 5.37. The fourth-order valence-electron chi connectivity index (χ4n) is 2.21. The zero-order valence-corrected chi connectivity index (χ0v) is 12.9. The van der Waals surface area contributed by atoms with Gasteiger partial charge in [0.05, 0.1) is 15.9 Å². The van der Waals surface area contributed by atoms with Gasteiger partial charge in [-0.25, -0.2) is 17.4 Å². The normalized spacial score (nSPS) is 11.9. The Hall–Kier alpha value is -1.85. The van der Waals surface area contributed by atoms with Crippen LogP contribution in [0, 0.1) is 0 Å². The molecule has 21 heavy (non-hydrogen) atoms. The van der Waals surface area contributed by atoms with Crippen LogP contribution in [-0.2, 0) is 16.4 Å². The number of hydrogen-bond donors (Lipinski definition) is 0. The van der Waals surface area contributed by atoms with E-state index in [1.807, 2.05) is 6.92 Å². The van der Waals surface area contributed by atoms with E-state index in [4.69, 9.17) is 11.6 Å². The molecule has 0 fully saturated rings. The maximum atomic E-state index is 12.7. The Bertz CT molecular complexity index is 902. The highest BCUT2D eigenvalue weighted by Gasteiger charge is 2.19. The second-order valence-corrected chi connectivity index (χ2v) is 6.80. The molecule has 3 aromatic rings. The van der Waals surface area contributed by atoms with Crippen LogP contribution in [0.5, 0.6) is 0 Å². The van der Waals surface area contributed by atoms with Gasteiger partial charge in [-0.1, -0.05) is 36.7 Å². The van der Waals surface area contributed by atoms with Crippen molar-refractivity contribution in [3.63, 3.8) is 0 Å². The van der Waals surface area contributed by atoms with Gasteiger partial charge >= 0.3 is 0 Å². The molecule has 0 spiro atoms. The van der Waals surface area contributed by atoms with E-state index in [0.717, 1.165) is 5.56 Å². The minimum absolute atomic E-state index is 0.246. The largest absolute Gasteiger partial charge is 0.268 e. The number of benzene rings is 1. The van der Waals surface area contributed by atoms with Crippen molar-refractivity contribution < 1.29 is 8.42 Å². The molecule has 0 aliphatic heterocycles. The van der Waals surface area contributed by atoms with Crippen molar-refractivity contribution in [2.45, 2.75) is 18.2 Å². The maximum absolute atomic E-state index is 12.7. The van der Waals surface area contributed by atoms with Gasteiger partial charge in [0.25, 0.3) is 10.0 Å². The minimum Gasteiger partial charge on any atom is -0.239 e. The first-order chi connectivity index (χ1) is 10.0. The molecule has 0 aliphatic carbocycles. The highest BCUT2D eigenvalue weighted by molar-refractivity contribution is 7.90. The van der Waals surface area contributed by atoms with E-state index in [1.54, 1.807) is 42.5 Å². The summed E-state index contributed by atoms with van der Waals surface area (Å²) in [7, 11) is -3.63. The number of halogens is 1. The van der Waals surface area contributed by atoms with Gasteiger partial charge < -0.3 is 0 Å². The molecule has 0 saturated carbocycles. The first kappa shape index (κ1) is 14.1. The Morgan fingerprint density at radius 3 is 2.57 bits per heavy atom. The highest BCUT2D eigenvalue weighted by atomic mass is 35.5. The van der Waals surface area contributed by atoms with Gasteiger partial charge in [-0.2, -0.15) is 0 Å². The summed E-state index contributed by atoms with van der Waals surface area (Å²) in [4.78, 5) is 4.50. The number of aryl methyl sites for hydroxylation is 1. The van der Waals surface area contributed by atoms with E-state index < -0.39 is 10.0 Å². The summed E-state index contributed by atoms with van der Waals surface area (Å²) >= 11 is 6.07. The molecule has 108 valence electrons. The van der Waals surface area contributed by atoms with Crippen LogP contribution in [0.2, 0.25) is 5.15 Å². The van der Waals surface area contributed by atoms with Crippen LogP contribution >= 0.6 is 11.6 Å². The average molecular weight is 321 g/mol. The molecule has 0 radical (unpaired) electrons. The molecule has 0 unspecified atom stereocenters. The van der Waals surface area contributed by atoms with Crippen molar-refractivity contribution >= 4 is 32.7 Å². The SMILES string of the molecule is CCc1cc2c(ccn2S(=O)(=O)c2ccccc2)nc1Cl. The first-order valence-electron chi connectivity index (χ1n) is 6.51. The first-order valence-corrected chi connectivity index (χ1v) is 8.33.